The first-order valence-electron chi connectivity index (χ1n) is 10.6. The van der Waals surface area contributed by atoms with Gasteiger partial charge >= 0.3 is 0 Å². The van der Waals surface area contributed by atoms with Crippen molar-refractivity contribution in [3.8, 4) is 5.69 Å². The molecule has 1 N–H and O–H groups in total. The minimum atomic E-state index is -0.680. The van der Waals surface area contributed by atoms with Gasteiger partial charge in [-0.25, -0.2) is 13.5 Å². The predicted octanol–water partition coefficient (Wildman–Crippen LogP) is 3.38. The zero-order valence-electron chi connectivity index (χ0n) is 17.7. The van der Waals surface area contributed by atoms with Gasteiger partial charge in [0, 0.05) is 18.9 Å². The van der Waals surface area contributed by atoms with E-state index in [1.54, 1.807) is 0 Å². The molecule has 2 aliphatic heterocycles. The maximum atomic E-state index is 13.5. The summed E-state index contributed by atoms with van der Waals surface area (Å²) in [5, 5.41) is 20.4. The van der Waals surface area contributed by atoms with E-state index in [1.165, 1.54) is 23.1 Å². The number of nitrogens with zero attached hydrogens (tertiary/aromatic N) is 5. The zero-order valence-corrected chi connectivity index (χ0v) is 17.7. The molecule has 170 valence electrons. The van der Waals surface area contributed by atoms with Gasteiger partial charge in [-0.05, 0) is 42.8 Å². The monoisotopic (exact) mass is 444 g/mol. The lowest BCUT2D eigenvalue weighted by Gasteiger charge is -2.55. The van der Waals surface area contributed by atoms with Gasteiger partial charge in [-0.1, -0.05) is 0 Å². The Labute approximate surface area is 185 Å². The van der Waals surface area contributed by atoms with Crippen molar-refractivity contribution in [2.45, 2.75) is 13.0 Å². The van der Waals surface area contributed by atoms with Gasteiger partial charge in [0.25, 0.3) is 0 Å². The predicted molar refractivity (Wildman–Crippen MR) is 118 cm³/mol. The first-order valence-corrected chi connectivity index (χ1v) is 10.6. The van der Waals surface area contributed by atoms with Gasteiger partial charge in [-0.15, -0.1) is 5.10 Å². The maximum absolute atomic E-state index is 13.5. The molecule has 2 saturated heterocycles. The number of quaternary nitrogens is 1. The summed E-state index contributed by atoms with van der Waals surface area (Å²) in [4.78, 5) is 6.42. The highest BCUT2D eigenvalue weighted by molar-refractivity contribution is 5.64. The lowest BCUT2D eigenvalue weighted by molar-refractivity contribution is -0.915. The maximum Gasteiger partial charge on any atom is 0.246 e. The van der Waals surface area contributed by atoms with Crippen molar-refractivity contribution in [3.63, 3.8) is 0 Å². The van der Waals surface area contributed by atoms with Crippen LogP contribution in [0.2, 0.25) is 0 Å². The highest BCUT2D eigenvalue weighted by Gasteiger charge is 2.38. The Bertz CT molecular complexity index is 1110. The average molecular weight is 444 g/mol. The molecule has 2 fully saturated rings. The van der Waals surface area contributed by atoms with Crippen molar-refractivity contribution in [2.24, 2.45) is 0 Å². The SMILES string of the molecule is Cc1cc(Nc2ncn(-c3cc(F)cc(F)c3)n2)cc(N2CC[N+]([O-])(C3COC3)CC2)c1.[HH]. The smallest absolute Gasteiger partial charge is 0.246 e. The molecule has 5 rings (SSSR count). The van der Waals surface area contributed by atoms with E-state index in [0.29, 0.717) is 45.3 Å². The molecule has 2 aliphatic rings. The molecular formula is C22H26F2N6O2. The third-order valence-corrected chi connectivity index (χ3v) is 6.07. The minimum Gasteiger partial charge on any atom is -0.632 e. The molecule has 32 heavy (non-hydrogen) atoms. The van der Waals surface area contributed by atoms with Crippen molar-refractivity contribution in [2.75, 3.05) is 49.6 Å². The van der Waals surface area contributed by atoms with Crippen LogP contribution in [-0.2, 0) is 4.74 Å². The summed E-state index contributed by atoms with van der Waals surface area (Å²) in [6.07, 6.45) is 1.40. The molecule has 0 atom stereocenters. The van der Waals surface area contributed by atoms with Crippen LogP contribution in [0.4, 0.5) is 26.1 Å². The van der Waals surface area contributed by atoms with E-state index in [4.69, 9.17) is 4.74 Å². The van der Waals surface area contributed by atoms with Gasteiger partial charge in [0.05, 0.1) is 31.9 Å². The fourth-order valence-corrected chi connectivity index (χ4v) is 4.18. The van der Waals surface area contributed by atoms with Gasteiger partial charge < -0.3 is 24.8 Å². The van der Waals surface area contributed by atoms with Crippen molar-refractivity contribution < 1.29 is 19.6 Å². The standard InChI is InChI=1S/C22H24F2N6O2.H2/c1-15-6-18(26-22-25-14-29(27-22)20-9-16(23)8-17(24)10-20)11-19(7-15)28-2-4-30(31,5-3-28)21-12-32-13-21;/h6-11,14,21H,2-5,12-13H2,1H3,(H,26,27);1H. The zero-order chi connectivity index (χ0) is 22.3. The second-order valence-corrected chi connectivity index (χ2v) is 8.40. The number of hydrogen-bond acceptors (Lipinski definition) is 6. The fourth-order valence-electron chi connectivity index (χ4n) is 4.18. The van der Waals surface area contributed by atoms with Crippen LogP contribution in [-0.4, -0.2) is 64.8 Å². The Balaban J connectivity index is 0.00000259. The topological polar surface area (TPSA) is 78.3 Å². The van der Waals surface area contributed by atoms with Gasteiger partial charge in [-0.3, -0.25) is 0 Å². The van der Waals surface area contributed by atoms with E-state index in [-0.39, 0.29) is 17.8 Å². The normalized spacial score (nSPS) is 18.4. The average Bonchev–Trinajstić information content (AvgIpc) is 3.14. The van der Waals surface area contributed by atoms with Crippen molar-refractivity contribution in [3.05, 3.63) is 65.1 Å². The van der Waals surface area contributed by atoms with Crippen LogP contribution in [0.5, 0.6) is 0 Å². The van der Waals surface area contributed by atoms with Gasteiger partial charge in [0.2, 0.25) is 5.95 Å². The number of nitrogens with one attached hydrogen (secondary N) is 1. The van der Waals surface area contributed by atoms with Crippen LogP contribution in [0.1, 0.15) is 6.99 Å². The Morgan fingerprint density at radius 3 is 2.44 bits per heavy atom. The molecule has 1 aromatic heterocycles. The second kappa shape index (κ2) is 8.12. The molecule has 0 spiro atoms. The summed E-state index contributed by atoms with van der Waals surface area (Å²) in [7, 11) is 0. The van der Waals surface area contributed by atoms with E-state index >= 15 is 0 Å². The van der Waals surface area contributed by atoms with E-state index in [9.17, 15) is 14.0 Å². The summed E-state index contributed by atoms with van der Waals surface area (Å²) in [5.41, 5.74) is 3.12. The van der Waals surface area contributed by atoms with Crippen LogP contribution >= 0.6 is 0 Å². The molecule has 0 bridgehead atoms. The molecule has 2 aromatic carbocycles. The summed E-state index contributed by atoms with van der Waals surface area (Å²) in [6, 6.07) is 9.30. The Morgan fingerprint density at radius 1 is 1.06 bits per heavy atom. The number of ether oxygens (including phenoxy) is 1. The fraction of sp³-hybridized carbons (Fsp3) is 0.364. The third kappa shape index (κ3) is 4.16. The summed E-state index contributed by atoms with van der Waals surface area (Å²) >= 11 is 0. The highest BCUT2D eigenvalue weighted by Crippen LogP contribution is 2.28. The van der Waals surface area contributed by atoms with Crippen LogP contribution in [0.3, 0.4) is 0 Å². The van der Waals surface area contributed by atoms with E-state index in [2.05, 4.69) is 26.4 Å². The molecular weight excluding hydrogens is 418 g/mol. The minimum absolute atomic E-state index is 0. The molecule has 0 saturated carbocycles. The quantitative estimate of drug-likeness (QED) is 0.480. The molecule has 3 aromatic rings. The summed E-state index contributed by atoms with van der Waals surface area (Å²) in [6.45, 7) is 5.57. The molecule has 0 radical (unpaired) electrons. The van der Waals surface area contributed by atoms with Crippen molar-refractivity contribution >= 4 is 17.3 Å². The van der Waals surface area contributed by atoms with Crippen molar-refractivity contribution in [1.82, 2.24) is 14.8 Å². The number of benzene rings is 2. The number of halogens is 2. The second-order valence-electron chi connectivity index (χ2n) is 8.40. The van der Waals surface area contributed by atoms with Gasteiger partial charge in [-0.2, -0.15) is 4.98 Å². The Hall–Kier alpha value is -3.08. The number of aryl methyl sites for hydroxylation is 1. The number of hydroxylamine groups is 3. The number of hydrogen-bond donors (Lipinski definition) is 1. The van der Waals surface area contributed by atoms with E-state index in [0.717, 1.165) is 23.0 Å². The molecule has 3 heterocycles. The van der Waals surface area contributed by atoms with Gasteiger partial charge in [0.1, 0.15) is 37.2 Å². The lowest BCUT2D eigenvalue weighted by atomic mass is 10.1. The number of rotatable bonds is 5. The Kier molecular flexibility index (Phi) is 5.28. The summed E-state index contributed by atoms with van der Waals surface area (Å²) in [5.74, 6) is -1.05. The number of piperazine rings is 1. The molecule has 0 amide bonds. The van der Waals surface area contributed by atoms with Crippen LogP contribution in [0.15, 0.2) is 42.7 Å². The third-order valence-electron chi connectivity index (χ3n) is 6.07. The number of aromatic nitrogens is 3. The van der Waals surface area contributed by atoms with E-state index in [1.807, 2.05) is 19.1 Å². The van der Waals surface area contributed by atoms with Crippen LogP contribution in [0.25, 0.3) is 5.69 Å². The van der Waals surface area contributed by atoms with E-state index < -0.39 is 11.6 Å². The van der Waals surface area contributed by atoms with Crippen molar-refractivity contribution in [1.29, 1.82) is 0 Å². The highest BCUT2D eigenvalue weighted by atomic mass is 19.1. The largest absolute Gasteiger partial charge is 0.632 e. The summed E-state index contributed by atoms with van der Waals surface area (Å²) < 4.78 is 33.3. The first-order chi connectivity index (χ1) is 15.4. The van der Waals surface area contributed by atoms with Crippen LogP contribution in [0, 0.1) is 23.8 Å². The Morgan fingerprint density at radius 2 is 1.78 bits per heavy atom. The van der Waals surface area contributed by atoms with Crippen LogP contribution < -0.4 is 10.2 Å². The lowest BCUT2D eigenvalue weighted by Crippen LogP contribution is -2.66. The number of anilines is 3. The molecule has 0 aliphatic carbocycles. The molecule has 10 heteroatoms. The molecule has 0 unspecified atom stereocenters. The van der Waals surface area contributed by atoms with Gasteiger partial charge in [0.15, 0.2) is 0 Å². The first kappa shape index (κ1) is 20.8. The molecule has 8 nitrogen and oxygen atoms in total.